The number of benzene rings is 4. The van der Waals surface area contributed by atoms with Crippen molar-refractivity contribution in [1.29, 1.82) is 0 Å². The van der Waals surface area contributed by atoms with Gasteiger partial charge in [-0.1, -0.05) is 71.8 Å². The van der Waals surface area contributed by atoms with Gasteiger partial charge in [0.05, 0.1) is 39.3 Å². The SMILES string of the molecule is CCOc1ccc(C(C(=O)C(c2ccc(C)cc2)c2ccc(OCC)c(OC)c2)c2ccc(C)cc2)cc1OC. The third kappa shape index (κ3) is 6.31. The van der Waals surface area contributed by atoms with E-state index in [0.29, 0.717) is 36.2 Å². The monoisotopic (exact) mass is 538 g/mol. The number of ketones is 1. The van der Waals surface area contributed by atoms with Crippen LogP contribution in [0.5, 0.6) is 23.0 Å². The molecule has 5 nitrogen and oxygen atoms in total. The van der Waals surface area contributed by atoms with Crippen molar-refractivity contribution in [2.45, 2.75) is 39.5 Å². The third-order valence-electron chi connectivity index (χ3n) is 7.03. The lowest BCUT2D eigenvalue weighted by molar-refractivity contribution is -0.120. The summed E-state index contributed by atoms with van der Waals surface area (Å²) in [5.74, 6) is 1.44. The topological polar surface area (TPSA) is 54.0 Å². The molecule has 40 heavy (non-hydrogen) atoms. The van der Waals surface area contributed by atoms with E-state index in [2.05, 4.69) is 0 Å². The van der Waals surface area contributed by atoms with Crippen molar-refractivity contribution < 1.29 is 23.7 Å². The minimum atomic E-state index is -0.547. The molecule has 208 valence electrons. The summed E-state index contributed by atoms with van der Waals surface area (Å²) in [6, 6.07) is 27.8. The number of aryl methyl sites for hydroxylation is 2. The van der Waals surface area contributed by atoms with Crippen molar-refractivity contribution in [1.82, 2.24) is 0 Å². The fraction of sp³-hybridized carbons (Fsp3) is 0.286. The van der Waals surface area contributed by atoms with Gasteiger partial charge in [0.1, 0.15) is 0 Å². The molecular formula is C35H38O5. The third-order valence-corrected chi connectivity index (χ3v) is 7.03. The van der Waals surface area contributed by atoms with Crippen LogP contribution in [0.2, 0.25) is 0 Å². The van der Waals surface area contributed by atoms with Gasteiger partial charge >= 0.3 is 0 Å². The number of carbonyl (C=O) groups is 1. The van der Waals surface area contributed by atoms with Gasteiger partial charge in [-0.15, -0.1) is 0 Å². The molecule has 4 aromatic carbocycles. The summed E-state index contributed by atoms with van der Waals surface area (Å²) in [7, 11) is 3.23. The highest BCUT2D eigenvalue weighted by atomic mass is 16.5. The van der Waals surface area contributed by atoms with Gasteiger partial charge in [-0.3, -0.25) is 4.79 Å². The Bertz CT molecular complexity index is 1310. The molecule has 5 heteroatoms. The zero-order chi connectivity index (χ0) is 28.6. The fourth-order valence-corrected chi connectivity index (χ4v) is 5.00. The molecule has 2 unspecified atom stereocenters. The summed E-state index contributed by atoms with van der Waals surface area (Å²) in [6.07, 6.45) is 0. The van der Waals surface area contributed by atoms with Crippen LogP contribution in [0.3, 0.4) is 0 Å². The first-order valence-electron chi connectivity index (χ1n) is 13.7. The summed E-state index contributed by atoms with van der Waals surface area (Å²) in [4.78, 5) is 14.9. The van der Waals surface area contributed by atoms with Gasteiger partial charge in [-0.25, -0.2) is 0 Å². The zero-order valence-electron chi connectivity index (χ0n) is 24.2. The van der Waals surface area contributed by atoms with E-state index in [1.165, 1.54) is 0 Å². The van der Waals surface area contributed by atoms with Crippen molar-refractivity contribution in [3.63, 3.8) is 0 Å². The Morgan fingerprint density at radius 2 is 0.900 bits per heavy atom. The molecule has 0 aromatic heterocycles. The van der Waals surface area contributed by atoms with Crippen molar-refractivity contribution in [3.05, 3.63) is 118 Å². The highest BCUT2D eigenvalue weighted by molar-refractivity contribution is 5.97. The Kier molecular flexibility index (Phi) is 9.49. The van der Waals surface area contributed by atoms with Crippen molar-refractivity contribution >= 4 is 5.78 Å². The first kappa shape index (κ1) is 28.8. The highest BCUT2D eigenvalue weighted by Crippen LogP contribution is 2.41. The van der Waals surface area contributed by atoms with Gasteiger partial charge in [0, 0.05) is 0 Å². The predicted molar refractivity (Wildman–Crippen MR) is 159 cm³/mol. The maximum absolute atomic E-state index is 14.9. The Hall–Kier alpha value is -4.25. The van der Waals surface area contributed by atoms with E-state index in [0.717, 1.165) is 33.4 Å². The van der Waals surface area contributed by atoms with Gasteiger partial charge in [-0.05, 0) is 74.2 Å². The fourth-order valence-electron chi connectivity index (χ4n) is 5.00. The summed E-state index contributed by atoms with van der Waals surface area (Å²) >= 11 is 0. The summed E-state index contributed by atoms with van der Waals surface area (Å²) in [5, 5.41) is 0. The van der Waals surface area contributed by atoms with Crippen molar-refractivity contribution in [2.75, 3.05) is 27.4 Å². The first-order chi connectivity index (χ1) is 19.4. The van der Waals surface area contributed by atoms with E-state index >= 15 is 0 Å². The lowest BCUT2D eigenvalue weighted by atomic mass is 9.76. The highest BCUT2D eigenvalue weighted by Gasteiger charge is 2.33. The molecule has 0 bridgehead atoms. The van der Waals surface area contributed by atoms with Crippen LogP contribution in [0, 0.1) is 13.8 Å². The molecule has 0 radical (unpaired) electrons. The van der Waals surface area contributed by atoms with Crippen LogP contribution in [0.25, 0.3) is 0 Å². The van der Waals surface area contributed by atoms with Gasteiger partial charge < -0.3 is 18.9 Å². The molecule has 0 N–H and O–H groups in total. The zero-order valence-corrected chi connectivity index (χ0v) is 24.2. The standard InChI is InChI=1S/C35H38O5/c1-7-39-29-19-17-27(21-31(29)37-5)33(25-13-9-23(3)10-14-25)35(36)34(26-15-11-24(4)12-16-26)28-18-20-30(40-8-2)32(22-28)38-6/h9-22,33-34H,7-8H2,1-6H3. The molecular weight excluding hydrogens is 500 g/mol. The van der Waals surface area contributed by atoms with Gasteiger partial charge in [0.15, 0.2) is 28.8 Å². The summed E-state index contributed by atoms with van der Waals surface area (Å²) in [5.41, 5.74) is 5.76. The van der Waals surface area contributed by atoms with E-state index in [4.69, 9.17) is 18.9 Å². The van der Waals surface area contributed by atoms with Crippen molar-refractivity contribution in [2.24, 2.45) is 0 Å². The molecule has 0 saturated heterocycles. The molecule has 0 heterocycles. The normalized spacial score (nSPS) is 12.3. The van der Waals surface area contributed by atoms with Crippen LogP contribution < -0.4 is 18.9 Å². The van der Waals surface area contributed by atoms with Crippen LogP contribution in [0.1, 0.15) is 59.1 Å². The molecule has 0 aliphatic heterocycles. The maximum Gasteiger partial charge on any atom is 0.161 e. The predicted octanol–water partition coefficient (Wildman–Crippen LogP) is 7.65. The van der Waals surface area contributed by atoms with E-state index in [1.807, 2.05) is 113 Å². The molecule has 4 rings (SSSR count). The van der Waals surface area contributed by atoms with Crippen molar-refractivity contribution in [3.8, 4) is 23.0 Å². The number of Topliss-reactive ketones (excluding diaryl/α,β-unsaturated/α-hetero) is 1. The average Bonchev–Trinajstić information content (AvgIpc) is 2.97. The smallest absolute Gasteiger partial charge is 0.161 e. The Balaban J connectivity index is 1.91. The average molecular weight is 539 g/mol. The van der Waals surface area contributed by atoms with Crippen LogP contribution in [-0.2, 0) is 4.79 Å². The molecule has 4 aromatic rings. The largest absolute Gasteiger partial charge is 0.493 e. The molecule has 0 aliphatic carbocycles. The number of methoxy groups -OCH3 is 2. The van der Waals surface area contributed by atoms with Crippen LogP contribution >= 0.6 is 0 Å². The molecule has 2 atom stereocenters. The second-order valence-electron chi connectivity index (χ2n) is 9.78. The van der Waals surface area contributed by atoms with E-state index in [9.17, 15) is 4.79 Å². The van der Waals surface area contributed by atoms with Crippen LogP contribution in [0.4, 0.5) is 0 Å². The minimum absolute atomic E-state index is 0.0464. The molecule has 0 saturated carbocycles. The van der Waals surface area contributed by atoms with Crippen LogP contribution in [-0.4, -0.2) is 33.2 Å². The Morgan fingerprint density at radius 3 is 1.23 bits per heavy atom. The summed E-state index contributed by atoms with van der Waals surface area (Å²) in [6.45, 7) is 8.99. The van der Waals surface area contributed by atoms with E-state index < -0.39 is 11.8 Å². The van der Waals surface area contributed by atoms with Crippen LogP contribution in [0.15, 0.2) is 84.9 Å². The van der Waals surface area contributed by atoms with Gasteiger partial charge in [0.2, 0.25) is 0 Å². The Morgan fingerprint density at radius 1 is 0.550 bits per heavy atom. The Labute approximate surface area is 237 Å². The number of hydrogen-bond acceptors (Lipinski definition) is 5. The van der Waals surface area contributed by atoms with Gasteiger partial charge in [-0.2, -0.15) is 0 Å². The quantitative estimate of drug-likeness (QED) is 0.185. The molecule has 0 amide bonds. The van der Waals surface area contributed by atoms with E-state index in [1.54, 1.807) is 14.2 Å². The molecule has 0 spiro atoms. The first-order valence-corrected chi connectivity index (χ1v) is 13.7. The maximum atomic E-state index is 14.9. The number of carbonyl (C=O) groups excluding carboxylic acids is 1. The minimum Gasteiger partial charge on any atom is -0.493 e. The second-order valence-corrected chi connectivity index (χ2v) is 9.78. The lowest BCUT2D eigenvalue weighted by Gasteiger charge is -2.26. The lowest BCUT2D eigenvalue weighted by Crippen LogP contribution is -2.23. The molecule has 0 aliphatic rings. The number of rotatable bonds is 12. The second kappa shape index (κ2) is 13.2. The number of ether oxygens (including phenoxy) is 4. The number of hydrogen-bond donors (Lipinski definition) is 0. The molecule has 0 fully saturated rings. The summed E-state index contributed by atoms with van der Waals surface area (Å²) < 4.78 is 22.9. The van der Waals surface area contributed by atoms with E-state index in [-0.39, 0.29) is 5.78 Å². The van der Waals surface area contributed by atoms with Gasteiger partial charge in [0.25, 0.3) is 0 Å².